The van der Waals surface area contributed by atoms with Gasteiger partial charge in [-0.1, -0.05) is 6.42 Å². The summed E-state index contributed by atoms with van der Waals surface area (Å²) in [5, 5.41) is 20.7. The van der Waals surface area contributed by atoms with Gasteiger partial charge in [0.1, 0.15) is 5.60 Å². The molecule has 1 saturated carbocycles. The second kappa shape index (κ2) is 7.51. The van der Waals surface area contributed by atoms with E-state index in [1.165, 1.54) is 12.8 Å². The van der Waals surface area contributed by atoms with Crippen LogP contribution < -0.4 is 10.6 Å². The van der Waals surface area contributed by atoms with Crippen molar-refractivity contribution in [3.8, 4) is 0 Å². The third-order valence-corrected chi connectivity index (χ3v) is 5.81. The van der Waals surface area contributed by atoms with E-state index >= 15 is 0 Å². The van der Waals surface area contributed by atoms with E-state index in [4.69, 9.17) is 0 Å². The summed E-state index contributed by atoms with van der Waals surface area (Å²) in [5.74, 6) is 0. The van der Waals surface area contributed by atoms with E-state index < -0.39 is 5.60 Å². The molecule has 0 spiro atoms. The van der Waals surface area contributed by atoms with Crippen molar-refractivity contribution in [2.75, 3.05) is 12.8 Å². The van der Waals surface area contributed by atoms with Crippen LogP contribution in [0.15, 0.2) is 16.8 Å². The number of carbonyl (C=O) groups is 1. The van der Waals surface area contributed by atoms with Crippen molar-refractivity contribution in [3.05, 3.63) is 22.4 Å². The zero-order valence-electron chi connectivity index (χ0n) is 12.6. The molecule has 0 saturated heterocycles. The fraction of sp³-hybridized carbons (Fsp3) is 0.667. The molecule has 1 heterocycles. The summed E-state index contributed by atoms with van der Waals surface area (Å²) in [6, 6.07) is 1.95. The first kappa shape index (κ1) is 16.6. The summed E-state index contributed by atoms with van der Waals surface area (Å²) in [4.78, 5) is 12.0. The normalized spacial score (nSPS) is 25.1. The van der Waals surface area contributed by atoms with Crippen LogP contribution in [0.25, 0.3) is 0 Å². The van der Waals surface area contributed by atoms with Crippen molar-refractivity contribution in [3.63, 3.8) is 0 Å². The first-order chi connectivity index (χ1) is 10.0. The first-order valence-corrected chi connectivity index (χ1v) is 9.56. The van der Waals surface area contributed by atoms with Gasteiger partial charge in [-0.25, -0.2) is 4.79 Å². The van der Waals surface area contributed by atoms with Gasteiger partial charge in [0.2, 0.25) is 0 Å². The molecule has 4 nitrogen and oxygen atoms in total. The van der Waals surface area contributed by atoms with Gasteiger partial charge in [0.05, 0.1) is 6.54 Å². The molecule has 1 aliphatic rings. The van der Waals surface area contributed by atoms with Crippen LogP contribution in [0.3, 0.4) is 0 Å². The minimum Gasteiger partial charge on any atom is -0.384 e. The van der Waals surface area contributed by atoms with Gasteiger partial charge < -0.3 is 15.7 Å². The lowest BCUT2D eigenvalue weighted by molar-refractivity contribution is 0.0596. The summed E-state index contributed by atoms with van der Waals surface area (Å²) in [6.07, 6.45) is 6.63. The Morgan fingerprint density at radius 1 is 1.57 bits per heavy atom. The van der Waals surface area contributed by atoms with Gasteiger partial charge in [-0.3, -0.25) is 0 Å². The van der Waals surface area contributed by atoms with Crippen LogP contribution >= 0.6 is 23.1 Å². The third-order valence-electron chi connectivity index (χ3n) is 4.03. The fourth-order valence-corrected chi connectivity index (χ4v) is 4.26. The molecule has 1 aromatic heterocycles. The molecule has 0 aliphatic heterocycles. The number of hydrogen-bond acceptors (Lipinski definition) is 4. The minimum absolute atomic E-state index is 0.183. The largest absolute Gasteiger partial charge is 0.384 e. The van der Waals surface area contributed by atoms with Crippen molar-refractivity contribution >= 4 is 29.1 Å². The number of aliphatic hydroxyl groups is 1. The Labute approximate surface area is 134 Å². The number of carbonyl (C=O) groups excluding carboxylic acids is 1. The Morgan fingerprint density at radius 3 is 3.05 bits per heavy atom. The minimum atomic E-state index is -1.02. The molecular weight excluding hydrogens is 304 g/mol. The third kappa shape index (κ3) is 4.90. The standard InChI is InChI=1S/C15H24N2O2S2/c1-15(19,11-6-7-21-9-11)10-16-14(18)17-12-4-3-5-13(8-12)20-2/h6-7,9,12-13,19H,3-5,8,10H2,1-2H3,(H2,16,17,18). The van der Waals surface area contributed by atoms with Crippen LogP contribution in [0.4, 0.5) is 4.79 Å². The van der Waals surface area contributed by atoms with Gasteiger partial charge in [-0.05, 0) is 54.8 Å². The average Bonchev–Trinajstić information content (AvgIpc) is 3.00. The van der Waals surface area contributed by atoms with Crippen molar-refractivity contribution < 1.29 is 9.90 Å². The smallest absolute Gasteiger partial charge is 0.315 e. The monoisotopic (exact) mass is 328 g/mol. The SMILES string of the molecule is CSC1CCCC(NC(=O)NCC(C)(O)c2ccsc2)C1. The van der Waals surface area contributed by atoms with Gasteiger partial charge in [0.25, 0.3) is 0 Å². The van der Waals surface area contributed by atoms with Crippen LogP contribution in [-0.2, 0) is 5.60 Å². The Hall–Kier alpha value is -0.720. The van der Waals surface area contributed by atoms with Crippen LogP contribution in [0.2, 0.25) is 0 Å². The van der Waals surface area contributed by atoms with Crippen molar-refractivity contribution in [1.82, 2.24) is 10.6 Å². The first-order valence-electron chi connectivity index (χ1n) is 7.33. The van der Waals surface area contributed by atoms with Crippen LogP contribution in [0, 0.1) is 0 Å². The van der Waals surface area contributed by atoms with E-state index in [-0.39, 0.29) is 18.6 Å². The summed E-state index contributed by atoms with van der Waals surface area (Å²) in [5.41, 5.74) is -0.181. The highest BCUT2D eigenvalue weighted by molar-refractivity contribution is 7.99. The van der Waals surface area contributed by atoms with Crippen molar-refractivity contribution in [2.45, 2.75) is 49.5 Å². The predicted molar refractivity (Wildman–Crippen MR) is 90.0 cm³/mol. The highest BCUT2D eigenvalue weighted by Crippen LogP contribution is 2.27. The number of rotatable bonds is 5. The summed E-state index contributed by atoms with van der Waals surface area (Å²) < 4.78 is 0. The number of thiophene rings is 1. The lowest BCUT2D eigenvalue weighted by atomic mass is 9.95. The van der Waals surface area contributed by atoms with Crippen molar-refractivity contribution in [2.24, 2.45) is 0 Å². The van der Waals surface area contributed by atoms with Gasteiger partial charge in [0, 0.05) is 11.3 Å². The van der Waals surface area contributed by atoms with Gasteiger partial charge >= 0.3 is 6.03 Å². The number of hydrogen-bond donors (Lipinski definition) is 3. The number of nitrogens with one attached hydrogen (secondary N) is 2. The van der Waals surface area contributed by atoms with Crippen LogP contribution in [-0.4, -0.2) is 35.2 Å². The van der Waals surface area contributed by atoms with Gasteiger partial charge in [-0.2, -0.15) is 23.1 Å². The molecule has 0 aromatic carbocycles. The molecule has 3 N–H and O–H groups in total. The Morgan fingerprint density at radius 2 is 2.38 bits per heavy atom. The molecule has 6 heteroatoms. The van der Waals surface area contributed by atoms with Gasteiger partial charge in [-0.15, -0.1) is 0 Å². The molecule has 0 radical (unpaired) electrons. The summed E-state index contributed by atoms with van der Waals surface area (Å²) in [6.45, 7) is 1.94. The van der Waals surface area contributed by atoms with E-state index in [0.29, 0.717) is 5.25 Å². The maximum Gasteiger partial charge on any atom is 0.315 e. The maximum absolute atomic E-state index is 12.0. The Bertz CT molecular complexity index is 449. The molecule has 3 unspecified atom stereocenters. The van der Waals surface area contributed by atoms with Crippen molar-refractivity contribution in [1.29, 1.82) is 0 Å². The number of amides is 2. The molecule has 3 atom stereocenters. The molecule has 21 heavy (non-hydrogen) atoms. The Balaban J connectivity index is 1.77. The van der Waals surface area contributed by atoms with Crippen LogP contribution in [0.1, 0.15) is 38.2 Å². The average molecular weight is 329 g/mol. The maximum atomic E-state index is 12.0. The molecule has 0 bridgehead atoms. The Kier molecular flexibility index (Phi) is 5.96. The highest BCUT2D eigenvalue weighted by Gasteiger charge is 2.26. The van der Waals surface area contributed by atoms with E-state index in [0.717, 1.165) is 18.4 Å². The van der Waals surface area contributed by atoms with E-state index in [2.05, 4.69) is 16.9 Å². The molecular formula is C15H24N2O2S2. The fourth-order valence-electron chi connectivity index (χ4n) is 2.65. The second-order valence-corrected chi connectivity index (χ2v) is 7.75. The van der Waals surface area contributed by atoms with E-state index in [1.54, 1.807) is 18.3 Å². The van der Waals surface area contributed by atoms with Crippen LogP contribution in [0.5, 0.6) is 0 Å². The predicted octanol–water partition coefficient (Wildman–Crippen LogP) is 2.93. The molecule has 2 rings (SSSR count). The zero-order valence-corrected chi connectivity index (χ0v) is 14.2. The lowest BCUT2D eigenvalue weighted by Gasteiger charge is -2.29. The zero-order chi connectivity index (χ0) is 15.3. The summed E-state index contributed by atoms with van der Waals surface area (Å²) >= 11 is 3.42. The highest BCUT2D eigenvalue weighted by atomic mass is 32.2. The van der Waals surface area contributed by atoms with E-state index in [1.807, 2.05) is 28.6 Å². The topological polar surface area (TPSA) is 61.4 Å². The molecule has 2 amide bonds. The molecule has 1 fully saturated rings. The van der Waals surface area contributed by atoms with Gasteiger partial charge in [0.15, 0.2) is 0 Å². The number of thioether (sulfide) groups is 1. The molecule has 1 aliphatic carbocycles. The second-order valence-electron chi connectivity index (χ2n) is 5.83. The summed E-state index contributed by atoms with van der Waals surface area (Å²) in [7, 11) is 0. The molecule has 1 aromatic rings. The number of urea groups is 1. The molecule has 118 valence electrons. The quantitative estimate of drug-likeness (QED) is 0.779. The van der Waals surface area contributed by atoms with E-state index in [9.17, 15) is 9.90 Å². The lowest BCUT2D eigenvalue weighted by Crippen LogP contribution is -2.48.